The van der Waals surface area contributed by atoms with E-state index in [9.17, 15) is 14.4 Å². The molecule has 0 N–H and O–H groups in total. The summed E-state index contributed by atoms with van der Waals surface area (Å²) >= 11 is 0. The molecule has 3 amide bonds. The highest BCUT2D eigenvalue weighted by molar-refractivity contribution is 6.05. The van der Waals surface area contributed by atoms with Crippen molar-refractivity contribution in [3.8, 4) is 5.75 Å². The van der Waals surface area contributed by atoms with E-state index in [0.717, 1.165) is 56.4 Å². The van der Waals surface area contributed by atoms with Crippen molar-refractivity contribution in [3.05, 3.63) is 29.8 Å². The van der Waals surface area contributed by atoms with Crippen LogP contribution in [0.2, 0.25) is 0 Å². The summed E-state index contributed by atoms with van der Waals surface area (Å²) in [5.74, 6) is 0.454. The SMILES string of the molecule is CCOc1ccc([C@H]2CCCN2C(=O)CCN2C(=O)[C@H]3CCCC[C@@H]3C2=O)cc1. The van der Waals surface area contributed by atoms with Gasteiger partial charge in [-0.2, -0.15) is 0 Å². The zero-order valence-electron chi connectivity index (χ0n) is 17.1. The van der Waals surface area contributed by atoms with E-state index in [1.165, 1.54) is 4.90 Å². The summed E-state index contributed by atoms with van der Waals surface area (Å²) in [6.07, 6.45) is 5.78. The van der Waals surface area contributed by atoms with Crippen molar-refractivity contribution in [2.75, 3.05) is 19.7 Å². The van der Waals surface area contributed by atoms with Crippen LogP contribution in [0.25, 0.3) is 0 Å². The quantitative estimate of drug-likeness (QED) is 0.690. The van der Waals surface area contributed by atoms with Crippen molar-refractivity contribution >= 4 is 17.7 Å². The zero-order chi connectivity index (χ0) is 20.4. The number of carbonyl (C=O) groups excluding carboxylic acids is 3. The number of amides is 3. The number of hydrogen-bond donors (Lipinski definition) is 0. The number of ether oxygens (including phenoxy) is 1. The van der Waals surface area contributed by atoms with Crippen LogP contribution in [0, 0.1) is 11.8 Å². The van der Waals surface area contributed by atoms with Crippen molar-refractivity contribution in [1.29, 1.82) is 0 Å². The number of carbonyl (C=O) groups is 3. The van der Waals surface area contributed by atoms with Crippen LogP contribution >= 0.6 is 0 Å². The second-order valence-corrected chi connectivity index (χ2v) is 8.32. The minimum atomic E-state index is -0.144. The van der Waals surface area contributed by atoms with Crippen LogP contribution in [0.3, 0.4) is 0 Å². The lowest BCUT2D eigenvalue weighted by atomic mass is 9.81. The van der Waals surface area contributed by atoms with E-state index >= 15 is 0 Å². The number of imide groups is 1. The number of rotatable bonds is 6. The van der Waals surface area contributed by atoms with E-state index in [1.54, 1.807) is 0 Å². The summed E-state index contributed by atoms with van der Waals surface area (Å²) in [5, 5.41) is 0. The van der Waals surface area contributed by atoms with Crippen molar-refractivity contribution in [2.45, 2.75) is 57.9 Å². The zero-order valence-corrected chi connectivity index (χ0v) is 17.1. The Morgan fingerprint density at radius 1 is 1.00 bits per heavy atom. The molecule has 3 fully saturated rings. The average molecular weight is 399 g/mol. The molecule has 2 aliphatic heterocycles. The minimum absolute atomic E-state index is 0.0249. The second kappa shape index (κ2) is 8.56. The third-order valence-corrected chi connectivity index (χ3v) is 6.63. The molecule has 1 aromatic rings. The predicted molar refractivity (Wildman–Crippen MR) is 108 cm³/mol. The molecule has 1 aromatic carbocycles. The maximum absolute atomic E-state index is 12.9. The van der Waals surface area contributed by atoms with Gasteiger partial charge in [0.1, 0.15) is 5.75 Å². The fraction of sp³-hybridized carbons (Fsp3) is 0.609. The summed E-state index contributed by atoms with van der Waals surface area (Å²) < 4.78 is 5.50. The van der Waals surface area contributed by atoms with Gasteiger partial charge < -0.3 is 9.64 Å². The molecule has 0 aromatic heterocycles. The van der Waals surface area contributed by atoms with Gasteiger partial charge in [-0.15, -0.1) is 0 Å². The fourth-order valence-corrected chi connectivity index (χ4v) is 5.17. The molecule has 0 spiro atoms. The van der Waals surface area contributed by atoms with Gasteiger partial charge in [-0.3, -0.25) is 19.3 Å². The van der Waals surface area contributed by atoms with Gasteiger partial charge in [-0.25, -0.2) is 0 Å². The van der Waals surface area contributed by atoms with Crippen LogP contribution < -0.4 is 4.74 Å². The van der Waals surface area contributed by atoms with E-state index in [2.05, 4.69) is 0 Å². The van der Waals surface area contributed by atoms with Gasteiger partial charge in [0.05, 0.1) is 24.5 Å². The van der Waals surface area contributed by atoms with Crippen molar-refractivity contribution < 1.29 is 19.1 Å². The van der Waals surface area contributed by atoms with Gasteiger partial charge in [0.2, 0.25) is 17.7 Å². The third kappa shape index (κ3) is 3.89. The topological polar surface area (TPSA) is 66.9 Å². The highest BCUT2D eigenvalue weighted by atomic mass is 16.5. The normalized spacial score (nSPS) is 26.7. The summed E-state index contributed by atoms with van der Waals surface area (Å²) in [6.45, 7) is 3.53. The van der Waals surface area contributed by atoms with Crippen LogP contribution in [-0.4, -0.2) is 47.2 Å². The Labute approximate surface area is 172 Å². The molecule has 156 valence electrons. The molecule has 3 aliphatic rings. The lowest BCUT2D eigenvalue weighted by Crippen LogP contribution is -2.37. The van der Waals surface area contributed by atoms with E-state index in [1.807, 2.05) is 36.1 Å². The van der Waals surface area contributed by atoms with E-state index in [-0.39, 0.29) is 48.6 Å². The van der Waals surface area contributed by atoms with Crippen LogP contribution in [-0.2, 0) is 14.4 Å². The standard InChI is InChI=1S/C23H30N2O4/c1-2-29-17-11-9-16(10-12-17)20-8-5-14-24(20)21(26)13-15-25-22(27)18-6-3-4-7-19(18)23(25)28/h9-12,18-20H,2-8,13-15H2,1H3/t18-,19-,20+/m0/s1. The van der Waals surface area contributed by atoms with Crippen LogP contribution in [0.4, 0.5) is 0 Å². The largest absolute Gasteiger partial charge is 0.494 e. The summed E-state index contributed by atoms with van der Waals surface area (Å²) in [4.78, 5) is 41.5. The predicted octanol–water partition coefficient (Wildman–Crippen LogP) is 3.31. The second-order valence-electron chi connectivity index (χ2n) is 8.32. The molecule has 3 atom stereocenters. The maximum Gasteiger partial charge on any atom is 0.233 e. The number of likely N-dealkylation sites (tertiary alicyclic amines) is 2. The molecular formula is C23H30N2O4. The molecule has 1 aliphatic carbocycles. The van der Waals surface area contributed by atoms with Gasteiger partial charge in [-0.05, 0) is 50.3 Å². The third-order valence-electron chi connectivity index (χ3n) is 6.63. The Bertz CT molecular complexity index is 752. The van der Waals surface area contributed by atoms with Gasteiger partial charge in [0.25, 0.3) is 0 Å². The Hall–Kier alpha value is -2.37. The average Bonchev–Trinajstić information content (AvgIpc) is 3.32. The smallest absolute Gasteiger partial charge is 0.233 e. The molecular weight excluding hydrogens is 368 g/mol. The molecule has 0 radical (unpaired) electrons. The molecule has 0 bridgehead atoms. The Morgan fingerprint density at radius 2 is 1.66 bits per heavy atom. The monoisotopic (exact) mass is 398 g/mol. The molecule has 2 heterocycles. The highest BCUT2D eigenvalue weighted by Crippen LogP contribution is 2.38. The molecule has 6 heteroatoms. The first-order chi connectivity index (χ1) is 14.1. The van der Waals surface area contributed by atoms with Crippen molar-refractivity contribution in [1.82, 2.24) is 9.80 Å². The number of benzene rings is 1. The number of fused-ring (bicyclic) bond motifs is 1. The van der Waals surface area contributed by atoms with Crippen LogP contribution in [0.15, 0.2) is 24.3 Å². The lowest BCUT2D eigenvalue weighted by Gasteiger charge is -2.26. The number of nitrogens with zero attached hydrogens (tertiary/aromatic N) is 2. The minimum Gasteiger partial charge on any atom is -0.494 e. The molecule has 0 unspecified atom stereocenters. The van der Waals surface area contributed by atoms with E-state index in [4.69, 9.17) is 4.74 Å². The Balaban J connectivity index is 1.37. The van der Waals surface area contributed by atoms with Crippen LogP contribution in [0.5, 0.6) is 5.75 Å². The van der Waals surface area contributed by atoms with Gasteiger partial charge >= 0.3 is 0 Å². The van der Waals surface area contributed by atoms with Crippen molar-refractivity contribution in [2.24, 2.45) is 11.8 Å². The first-order valence-electron chi connectivity index (χ1n) is 11.0. The molecule has 6 nitrogen and oxygen atoms in total. The molecule has 4 rings (SSSR count). The highest BCUT2D eigenvalue weighted by Gasteiger charge is 2.48. The Kier molecular flexibility index (Phi) is 5.88. The van der Waals surface area contributed by atoms with E-state index in [0.29, 0.717) is 6.61 Å². The Morgan fingerprint density at radius 3 is 2.28 bits per heavy atom. The lowest BCUT2D eigenvalue weighted by molar-refractivity contribution is -0.141. The first-order valence-corrected chi connectivity index (χ1v) is 11.0. The first kappa shape index (κ1) is 19.9. The summed E-state index contributed by atoms with van der Waals surface area (Å²) in [5.41, 5.74) is 1.11. The van der Waals surface area contributed by atoms with Crippen molar-refractivity contribution in [3.63, 3.8) is 0 Å². The van der Waals surface area contributed by atoms with Gasteiger partial charge in [-0.1, -0.05) is 25.0 Å². The molecule has 2 saturated heterocycles. The molecule has 29 heavy (non-hydrogen) atoms. The summed E-state index contributed by atoms with van der Waals surface area (Å²) in [6, 6.07) is 8.01. The van der Waals surface area contributed by atoms with Gasteiger partial charge in [0.15, 0.2) is 0 Å². The summed E-state index contributed by atoms with van der Waals surface area (Å²) in [7, 11) is 0. The number of hydrogen-bond acceptors (Lipinski definition) is 4. The van der Waals surface area contributed by atoms with E-state index < -0.39 is 0 Å². The van der Waals surface area contributed by atoms with Gasteiger partial charge in [0, 0.05) is 19.5 Å². The van der Waals surface area contributed by atoms with Crippen LogP contribution in [0.1, 0.15) is 63.5 Å². The molecule has 1 saturated carbocycles. The fourth-order valence-electron chi connectivity index (χ4n) is 5.17. The maximum atomic E-state index is 12.9.